The average Bonchev–Trinajstić information content (AvgIpc) is 2.14. The molecule has 0 spiro atoms. The van der Waals surface area contributed by atoms with Crippen LogP contribution < -0.4 is 18.1 Å². The molecule has 4 fully saturated rings. The summed E-state index contributed by atoms with van der Waals surface area (Å²) < 4.78 is 0. The van der Waals surface area contributed by atoms with E-state index in [1.807, 2.05) is 0 Å². The first-order chi connectivity index (χ1) is 7.46. The van der Waals surface area contributed by atoms with E-state index in [9.17, 15) is 9.90 Å². The molecule has 17 heavy (non-hydrogen) atoms. The van der Waals surface area contributed by atoms with Gasteiger partial charge in [-0.05, 0) is 57.3 Å². The number of halogens is 1. The average molecular weight is 260 g/mol. The molecule has 4 bridgehead atoms. The minimum atomic E-state index is -0.536. The molecule has 0 saturated heterocycles. The van der Waals surface area contributed by atoms with E-state index < -0.39 is 5.97 Å². The van der Waals surface area contributed by atoms with Crippen molar-refractivity contribution >= 4 is 5.97 Å². The van der Waals surface area contributed by atoms with Gasteiger partial charge in [0.2, 0.25) is 0 Å². The second kappa shape index (κ2) is 3.86. The summed E-state index contributed by atoms with van der Waals surface area (Å²) in [5.74, 6) is 0.801. The van der Waals surface area contributed by atoms with E-state index in [-0.39, 0.29) is 23.2 Å². The van der Waals surface area contributed by atoms with E-state index in [2.05, 4.69) is 12.7 Å². The molecule has 4 aliphatic rings. The van der Waals surface area contributed by atoms with E-state index in [0.717, 1.165) is 19.3 Å². The Balaban J connectivity index is 0.00000108. The topological polar surface area (TPSA) is 64.9 Å². The van der Waals surface area contributed by atoms with Gasteiger partial charge in [0.05, 0.1) is 11.5 Å². The fourth-order valence-corrected chi connectivity index (χ4v) is 5.16. The Morgan fingerprint density at radius 1 is 1.29 bits per heavy atom. The largest absolute Gasteiger partial charge is 1.00 e. The van der Waals surface area contributed by atoms with E-state index >= 15 is 0 Å². The van der Waals surface area contributed by atoms with Crippen LogP contribution >= 0.6 is 0 Å². The smallest absolute Gasteiger partial charge is 0.309 e. The summed E-state index contributed by atoms with van der Waals surface area (Å²) in [7, 11) is 0. The first-order valence-corrected chi connectivity index (χ1v) is 6.52. The molecule has 4 N–H and O–H groups in total. The van der Waals surface area contributed by atoms with E-state index in [1.54, 1.807) is 0 Å². The number of carboxylic acids is 1. The number of aliphatic carboxylic acids is 1. The Hall–Kier alpha value is -0.280. The number of hydrogen-bond donors (Lipinski definition) is 2. The summed E-state index contributed by atoms with van der Waals surface area (Å²) in [6, 6.07) is 0.400. The SMILES string of the molecule is CC([NH3+])C12CC3CC(CC(C(=O)O)(C3)C1)C2.[Cl-]. The van der Waals surface area contributed by atoms with Crippen molar-refractivity contribution in [2.24, 2.45) is 22.7 Å². The van der Waals surface area contributed by atoms with Crippen LogP contribution in [0.25, 0.3) is 0 Å². The summed E-state index contributed by atoms with van der Waals surface area (Å²) in [5, 5.41) is 9.55. The van der Waals surface area contributed by atoms with Crippen LogP contribution in [0.15, 0.2) is 0 Å². The quantitative estimate of drug-likeness (QED) is 0.621. The van der Waals surface area contributed by atoms with Crippen LogP contribution in [0, 0.1) is 22.7 Å². The third kappa shape index (κ3) is 1.70. The number of carboxylic acid groups (broad SMARTS) is 1. The van der Waals surface area contributed by atoms with Crippen LogP contribution in [0.2, 0.25) is 0 Å². The molecule has 3 unspecified atom stereocenters. The summed E-state index contributed by atoms with van der Waals surface area (Å²) in [6.07, 6.45) is 6.53. The fraction of sp³-hybridized carbons (Fsp3) is 0.923. The lowest BCUT2D eigenvalue weighted by Crippen LogP contribution is -3.00. The Kier molecular flexibility index (Phi) is 2.98. The third-order valence-electron chi connectivity index (χ3n) is 5.61. The number of quaternary nitrogens is 1. The molecule has 0 heterocycles. The molecule has 4 aliphatic carbocycles. The molecule has 4 heteroatoms. The monoisotopic (exact) mass is 259 g/mol. The van der Waals surface area contributed by atoms with Crippen LogP contribution in [0.5, 0.6) is 0 Å². The van der Waals surface area contributed by atoms with Gasteiger partial charge in [-0.2, -0.15) is 0 Å². The van der Waals surface area contributed by atoms with Crippen LogP contribution in [0.1, 0.15) is 45.4 Å². The number of hydrogen-bond acceptors (Lipinski definition) is 1. The zero-order valence-corrected chi connectivity index (χ0v) is 11.2. The maximum Gasteiger partial charge on any atom is 0.309 e. The Labute approximate surface area is 109 Å². The molecule has 0 aromatic carbocycles. The normalized spacial score (nSPS) is 48.6. The van der Waals surface area contributed by atoms with Crippen molar-refractivity contribution in [1.29, 1.82) is 0 Å². The van der Waals surface area contributed by atoms with Gasteiger partial charge in [-0.25, -0.2) is 0 Å². The fourth-order valence-electron chi connectivity index (χ4n) is 5.16. The summed E-state index contributed by atoms with van der Waals surface area (Å²) in [6.45, 7) is 2.18. The van der Waals surface area contributed by atoms with Gasteiger partial charge in [0.25, 0.3) is 0 Å². The molecule has 3 nitrogen and oxygen atoms in total. The van der Waals surface area contributed by atoms with Gasteiger partial charge in [0.15, 0.2) is 0 Å². The van der Waals surface area contributed by atoms with Crippen molar-refractivity contribution in [3.63, 3.8) is 0 Å². The minimum absolute atomic E-state index is 0. The highest BCUT2D eigenvalue weighted by atomic mass is 35.5. The lowest BCUT2D eigenvalue weighted by molar-refractivity contribution is -0.453. The van der Waals surface area contributed by atoms with Crippen molar-refractivity contribution in [3.05, 3.63) is 0 Å². The molecule has 0 radical (unpaired) electrons. The third-order valence-corrected chi connectivity index (χ3v) is 5.61. The highest BCUT2D eigenvalue weighted by molar-refractivity contribution is 5.75. The molecular weight excluding hydrogens is 238 g/mol. The lowest BCUT2D eigenvalue weighted by atomic mass is 9.43. The Morgan fingerprint density at radius 2 is 1.82 bits per heavy atom. The molecule has 0 aliphatic heterocycles. The van der Waals surface area contributed by atoms with Gasteiger partial charge < -0.3 is 23.2 Å². The van der Waals surface area contributed by atoms with Crippen molar-refractivity contribution in [2.45, 2.75) is 51.5 Å². The zero-order chi connectivity index (χ0) is 11.6. The molecule has 4 rings (SSSR count). The number of carbonyl (C=O) groups is 1. The Morgan fingerprint density at radius 3 is 2.24 bits per heavy atom. The summed E-state index contributed by atoms with van der Waals surface area (Å²) in [4.78, 5) is 11.6. The van der Waals surface area contributed by atoms with Crippen molar-refractivity contribution in [1.82, 2.24) is 0 Å². The second-order valence-corrected chi connectivity index (χ2v) is 6.81. The van der Waals surface area contributed by atoms with Crippen LogP contribution in [-0.4, -0.2) is 17.1 Å². The number of rotatable bonds is 2. The minimum Gasteiger partial charge on any atom is -1.00 e. The molecular formula is C13H22ClNO2. The van der Waals surface area contributed by atoms with Gasteiger partial charge in [-0.3, -0.25) is 4.79 Å². The second-order valence-electron chi connectivity index (χ2n) is 6.81. The van der Waals surface area contributed by atoms with Gasteiger partial charge in [0.1, 0.15) is 0 Å². The Bertz CT molecular complexity index is 328. The predicted octanol–water partition coefficient (Wildman–Crippen LogP) is -1.71. The first-order valence-electron chi connectivity index (χ1n) is 6.52. The van der Waals surface area contributed by atoms with E-state index in [4.69, 9.17) is 0 Å². The maximum absolute atomic E-state index is 11.6. The van der Waals surface area contributed by atoms with E-state index in [0.29, 0.717) is 17.9 Å². The molecule has 0 aromatic rings. The summed E-state index contributed by atoms with van der Waals surface area (Å²) >= 11 is 0. The maximum atomic E-state index is 11.6. The van der Waals surface area contributed by atoms with Gasteiger partial charge in [-0.15, -0.1) is 0 Å². The molecule has 0 amide bonds. The highest BCUT2D eigenvalue weighted by Gasteiger charge is 2.62. The van der Waals surface area contributed by atoms with Crippen molar-refractivity contribution in [3.8, 4) is 0 Å². The van der Waals surface area contributed by atoms with Crippen molar-refractivity contribution in [2.75, 3.05) is 0 Å². The molecule has 98 valence electrons. The molecule has 3 atom stereocenters. The standard InChI is InChI=1S/C13H21NO2.ClH/c1-8(14)12-3-9-2-10(4-12)6-13(5-9,7-12)11(15)16;/h8-10H,2-7,14H2,1H3,(H,15,16);1H. The lowest BCUT2D eigenvalue weighted by Gasteiger charge is -2.60. The van der Waals surface area contributed by atoms with Crippen LogP contribution in [-0.2, 0) is 4.79 Å². The van der Waals surface area contributed by atoms with Gasteiger partial charge in [-0.1, -0.05) is 0 Å². The zero-order valence-electron chi connectivity index (χ0n) is 10.4. The van der Waals surface area contributed by atoms with Gasteiger partial charge in [0, 0.05) is 5.41 Å². The van der Waals surface area contributed by atoms with Crippen molar-refractivity contribution < 1.29 is 28.0 Å². The van der Waals surface area contributed by atoms with E-state index in [1.165, 1.54) is 19.3 Å². The highest BCUT2D eigenvalue weighted by Crippen LogP contribution is 2.65. The van der Waals surface area contributed by atoms with Crippen LogP contribution in [0.3, 0.4) is 0 Å². The molecule has 4 saturated carbocycles. The predicted molar refractivity (Wildman–Crippen MR) is 59.5 cm³/mol. The molecule has 0 aromatic heterocycles. The summed E-state index contributed by atoms with van der Waals surface area (Å²) in [5.41, 5.74) is 4.10. The van der Waals surface area contributed by atoms with Gasteiger partial charge >= 0.3 is 5.97 Å². The van der Waals surface area contributed by atoms with Crippen LogP contribution in [0.4, 0.5) is 0 Å². The first kappa shape index (κ1) is 13.2.